The standard InChI is InChI=1S/C19H18N2O5S/c1-13-10-11-20(16-8-4-5-9-17(16)27-13)18(22)12-26-19(23)14-6-2-3-7-15(14)21(24)25/h2-9,13H,10-12H2,1H3/t13-/m1/s1. The maximum Gasteiger partial charge on any atom is 0.345 e. The highest BCUT2D eigenvalue weighted by molar-refractivity contribution is 8.00. The lowest BCUT2D eigenvalue weighted by Gasteiger charge is -2.22. The molecule has 0 aliphatic carbocycles. The van der Waals surface area contributed by atoms with Crippen molar-refractivity contribution in [1.29, 1.82) is 0 Å². The lowest BCUT2D eigenvalue weighted by Crippen LogP contribution is -2.35. The minimum atomic E-state index is -0.887. The van der Waals surface area contributed by atoms with E-state index in [4.69, 9.17) is 4.74 Å². The van der Waals surface area contributed by atoms with Crippen LogP contribution in [-0.4, -0.2) is 35.2 Å². The van der Waals surface area contributed by atoms with E-state index in [-0.39, 0.29) is 17.2 Å². The monoisotopic (exact) mass is 386 g/mol. The van der Waals surface area contributed by atoms with Gasteiger partial charge in [-0.1, -0.05) is 31.2 Å². The number of para-hydroxylation sites is 2. The molecule has 8 heteroatoms. The average Bonchev–Trinajstić information content (AvgIpc) is 2.84. The Balaban J connectivity index is 1.73. The molecule has 0 aromatic heterocycles. The van der Waals surface area contributed by atoms with Crippen LogP contribution in [0.25, 0.3) is 0 Å². The van der Waals surface area contributed by atoms with Crippen LogP contribution in [0.3, 0.4) is 0 Å². The second-order valence-corrected chi connectivity index (χ2v) is 7.56. The van der Waals surface area contributed by atoms with Gasteiger partial charge in [0.05, 0.1) is 10.6 Å². The zero-order valence-electron chi connectivity index (χ0n) is 14.7. The van der Waals surface area contributed by atoms with E-state index in [1.165, 1.54) is 24.3 Å². The summed E-state index contributed by atoms with van der Waals surface area (Å²) >= 11 is 1.70. The van der Waals surface area contributed by atoms with Gasteiger partial charge in [-0.05, 0) is 24.6 Å². The Morgan fingerprint density at radius 2 is 1.93 bits per heavy atom. The lowest BCUT2D eigenvalue weighted by atomic mass is 10.2. The molecule has 27 heavy (non-hydrogen) atoms. The van der Waals surface area contributed by atoms with Crippen LogP contribution in [0.4, 0.5) is 11.4 Å². The molecule has 0 radical (unpaired) electrons. The van der Waals surface area contributed by atoms with Crippen LogP contribution in [0, 0.1) is 10.1 Å². The molecule has 1 aliphatic rings. The summed E-state index contributed by atoms with van der Waals surface area (Å²) < 4.78 is 5.08. The van der Waals surface area contributed by atoms with Crippen molar-refractivity contribution in [3.63, 3.8) is 0 Å². The fourth-order valence-corrected chi connectivity index (χ4v) is 3.95. The highest BCUT2D eigenvalue weighted by Crippen LogP contribution is 2.37. The molecule has 1 atom stereocenters. The Bertz CT molecular complexity index is 886. The van der Waals surface area contributed by atoms with Gasteiger partial charge in [0.2, 0.25) is 0 Å². The van der Waals surface area contributed by atoms with Crippen molar-refractivity contribution in [2.45, 2.75) is 23.5 Å². The molecule has 2 aromatic carbocycles. The second-order valence-electron chi connectivity index (χ2n) is 6.08. The van der Waals surface area contributed by atoms with Gasteiger partial charge in [0.15, 0.2) is 6.61 Å². The van der Waals surface area contributed by atoms with E-state index in [1.807, 2.05) is 24.3 Å². The first-order valence-corrected chi connectivity index (χ1v) is 9.32. The summed E-state index contributed by atoms with van der Waals surface area (Å²) in [5.74, 6) is -1.24. The third kappa shape index (κ3) is 4.28. The third-order valence-electron chi connectivity index (χ3n) is 4.19. The van der Waals surface area contributed by atoms with Crippen molar-refractivity contribution in [3.8, 4) is 0 Å². The lowest BCUT2D eigenvalue weighted by molar-refractivity contribution is -0.385. The predicted octanol–water partition coefficient (Wildman–Crippen LogP) is 3.67. The van der Waals surface area contributed by atoms with Crippen molar-refractivity contribution >= 4 is 35.0 Å². The Morgan fingerprint density at radius 1 is 1.22 bits per heavy atom. The van der Waals surface area contributed by atoms with E-state index >= 15 is 0 Å². The third-order valence-corrected chi connectivity index (χ3v) is 5.43. The molecule has 0 unspecified atom stereocenters. The van der Waals surface area contributed by atoms with Crippen molar-refractivity contribution < 1.29 is 19.2 Å². The fraction of sp³-hybridized carbons (Fsp3) is 0.263. The second kappa shape index (κ2) is 8.22. The van der Waals surface area contributed by atoms with Crippen LogP contribution in [0.15, 0.2) is 53.4 Å². The van der Waals surface area contributed by atoms with Gasteiger partial charge in [0.1, 0.15) is 5.56 Å². The van der Waals surface area contributed by atoms with Crippen LogP contribution in [0.5, 0.6) is 0 Å². The summed E-state index contributed by atoms with van der Waals surface area (Å²) in [6.07, 6.45) is 0.809. The topological polar surface area (TPSA) is 89.8 Å². The molecule has 140 valence electrons. The number of ether oxygens (including phenoxy) is 1. The molecule has 0 spiro atoms. The van der Waals surface area contributed by atoms with Gasteiger partial charge < -0.3 is 9.64 Å². The van der Waals surface area contributed by atoms with E-state index in [1.54, 1.807) is 16.7 Å². The minimum absolute atomic E-state index is 0.171. The zero-order valence-corrected chi connectivity index (χ0v) is 15.5. The van der Waals surface area contributed by atoms with Crippen LogP contribution >= 0.6 is 11.8 Å². The number of nitro groups is 1. The Hall–Kier alpha value is -2.87. The number of hydrogen-bond acceptors (Lipinski definition) is 6. The number of carbonyl (C=O) groups is 2. The Morgan fingerprint density at radius 3 is 2.70 bits per heavy atom. The van der Waals surface area contributed by atoms with Gasteiger partial charge >= 0.3 is 5.97 Å². The molecule has 2 aromatic rings. The predicted molar refractivity (Wildman–Crippen MR) is 102 cm³/mol. The van der Waals surface area contributed by atoms with Gasteiger partial charge in [-0.3, -0.25) is 14.9 Å². The molecule has 1 heterocycles. The van der Waals surface area contributed by atoms with Gasteiger partial charge in [0.25, 0.3) is 11.6 Å². The number of hydrogen-bond donors (Lipinski definition) is 0. The summed E-state index contributed by atoms with van der Waals surface area (Å²) in [6.45, 7) is 2.15. The van der Waals surface area contributed by atoms with Gasteiger partial charge in [-0.15, -0.1) is 11.8 Å². The summed E-state index contributed by atoms with van der Waals surface area (Å²) in [4.78, 5) is 37.9. The number of rotatable bonds is 4. The molecule has 0 saturated carbocycles. The van der Waals surface area contributed by atoms with E-state index < -0.39 is 17.5 Å². The molecule has 0 bridgehead atoms. The smallest absolute Gasteiger partial charge is 0.345 e. The summed E-state index contributed by atoms with van der Waals surface area (Å²) in [6, 6.07) is 13.1. The van der Waals surface area contributed by atoms with Gasteiger partial charge in [-0.2, -0.15) is 0 Å². The van der Waals surface area contributed by atoms with E-state index in [9.17, 15) is 19.7 Å². The number of amides is 1. The molecule has 0 N–H and O–H groups in total. The van der Waals surface area contributed by atoms with Gasteiger partial charge in [-0.25, -0.2) is 4.79 Å². The quantitative estimate of drug-likeness (QED) is 0.452. The normalized spacial score (nSPS) is 16.2. The maximum atomic E-state index is 12.7. The number of thioether (sulfide) groups is 1. The van der Waals surface area contributed by atoms with Crippen molar-refractivity contribution in [3.05, 3.63) is 64.2 Å². The van der Waals surface area contributed by atoms with Crippen LogP contribution in [0.2, 0.25) is 0 Å². The molecule has 1 aliphatic heterocycles. The highest BCUT2D eigenvalue weighted by Gasteiger charge is 2.26. The number of fused-ring (bicyclic) bond motifs is 1. The van der Waals surface area contributed by atoms with Crippen LogP contribution < -0.4 is 4.90 Å². The van der Waals surface area contributed by atoms with E-state index in [2.05, 4.69) is 6.92 Å². The summed E-state index contributed by atoms with van der Waals surface area (Å²) in [5, 5.41) is 11.4. The van der Waals surface area contributed by atoms with Crippen molar-refractivity contribution in [2.24, 2.45) is 0 Å². The number of carbonyl (C=O) groups excluding carboxylic acids is 2. The number of esters is 1. The van der Waals surface area contributed by atoms with Crippen molar-refractivity contribution in [2.75, 3.05) is 18.1 Å². The molecular formula is C19H18N2O5S. The number of anilines is 1. The van der Waals surface area contributed by atoms with Crippen molar-refractivity contribution in [1.82, 2.24) is 0 Å². The minimum Gasteiger partial charge on any atom is -0.452 e. The molecule has 7 nitrogen and oxygen atoms in total. The van der Waals surface area contributed by atoms with E-state index in [0.717, 1.165) is 17.0 Å². The average molecular weight is 386 g/mol. The molecule has 0 fully saturated rings. The molecular weight excluding hydrogens is 368 g/mol. The fourth-order valence-electron chi connectivity index (χ4n) is 2.83. The number of benzene rings is 2. The van der Waals surface area contributed by atoms with Crippen LogP contribution in [0.1, 0.15) is 23.7 Å². The number of nitro benzene ring substituents is 1. The first-order chi connectivity index (χ1) is 13.0. The first kappa shape index (κ1) is 18.9. The van der Waals surface area contributed by atoms with E-state index in [0.29, 0.717) is 11.8 Å². The maximum absolute atomic E-state index is 12.7. The summed E-state index contributed by atoms with van der Waals surface area (Å²) in [5.41, 5.74) is 0.273. The molecule has 1 amide bonds. The molecule has 3 rings (SSSR count). The molecule has 0 saturated heterocycles. The number of nitrogens with zero attached hydrogens (tertiary/aromatic N) is 2. The Labute approximate surface area is 160 Å². The zero-order chi connectivity index (χ0) is 19.4. The van der Waals surface area contributed by atoms with Crippen LogP contribution in [-0.2, 0) is 9.53 Å². The largest absolute Gasteiger partial charge is 0.452 e. The van der Waals surface area contributed by atoms with Gasteiger partial charge in [0, 0.05) is 22.8 Å². The first-order valence-electron chi connectivity index (χ1n) is 8.44. The highest BCUT2D eigenvalue weighted by atomic mass is 32.2. The summed E-state index contributed by atoms with van der Waals surface area (Å²) in [7, 11) is 0. The Kier molecular flexibility index (Phi) is 5.75. The SMILES string of the molecule is C[C@@H]1CCN(C(=O)COC(=O)c2ccccc2[N+](=O)[O-])c2ccccc2S1.